The molecule has 1 heterocycles. The highest BCUT2D eigenvalue weighted by molar-refractivity contribution is 7.14. The third kappa shape index (κ3) is 7.95. The van der Waals surface area contributed by atoms with Crippen LogP contribution in [0.2, 0.25) is 0 Å². The molecule has 0 aliphatic heterocycles. The van der Waals surface area contributed by atoms with E-state index in [9.17, 15) is 9.59 Å². The van der Waals surface area contributed by atoms with Crippen molar-refractivity contribution in [3.8, 4) is 16.9 Å². The van der Waals surface area contributed by atoms with Crippen molar-refractivity contribution in [3.05, 3.63) is 75.5 Å². The fraction of sp³-hybridized carbons (Fsp3) is 0.400. The van der Waals surface area contributed by atoms with Gasteiger partial charge in [0.05, 0.1) is 11.3 Å². The van der Waals surface area contributed by atoms with Crippen molar-refractivity contribution in [2.45, 2.75) is 72.8 Å². The van der Waals surface area contributed by atoms with Crippen molar-refractivity contribution < 1.29 is 19.4 Å². The Bertz CT molecular complexity index is 1140. The lowest BCUT2D eigenvalue weighted by Crippen LogP contribution is -2.25. The van der Waals surface area contributed by atoms with E-state index in [0.717, 1.165) is 22.6 Å². The van der Waals surface area contributed by atoms with Gasteiger partial charge in [-0.2, -0.15) is 0 Å². The molecule has 0 fully saturated rings. The SMILES string of the molecule is CC.CCC(Oc1ccc(-c2ccc(C(C)(C)C)cc2)c(C)c1)c1ccc(C(=O)NCCC(=O)O)s1. The Kier molecular flexibility index (Phi) is 10.7. The van der Waals surface area contributed by atoms with Crippen LogP contribution in [0.1, 0.15) is 86.2 Å². The highest BCUT2D eigenvalue weighted by Gasteiger charge is 2.18. The second-order valence-electron chi connectivity index (χ2n) is 9.42. The molecule has 2 aromatic carbocycles. The molecule has 1 unspecified atom stereocenters. The van der Waals surface area contributed by atoms with E-state index in [2.05, 4.69) is 76.3 Å². The van der Waals surface area contributed by atoms with Crippen molar-refractivity contribution in [1.29, 1.82) is 0 Å². The first-order valence-electron chi connectivity index (χ1n) is 12.6. The van der Waals surface area contributed by atoms with Gasteiger partial charge in [-0.25, -0.2) is 0 Å². The van der Waals surface area contributed by atoms with Crippen LogP contribution in [0, 0.1) is 6.92 Å². The minimum atomic E-state index is -0.935. The minimum absolute atomic E-state index is 0.0965. The van der Waals surface area contributed by atoms with Gasteiger partial charge in [0.15, 0.2) is 0 Å². The molecule has 0 bridgehead atoms. The Hall–Kier alpha value is -3.12. The summed E-state index contributed by atoms with van der Waals surface area (Å²) in [7, 11) is 0. The second-order valence-corrected chi connectivity index (χ2v) is 10.5. The van der Waals surface area contributed by atoms with Crippen LogP contribution in [0.3, 0.4) is 0 Å². The van der Waals surface area contributed by atoms with Gasteiger partial charge in [0.1, 0.15) is 11.9 Å². The number of carboxylic acids is 1. The summed E-state index contributed by atoms with van der Waals surface area (Å²) >= 11 is 1.37. The highest BCUT2D eigenvalue weighted by Crippen LogP contribution is 2.33. The number of hydrogen-bond acceptors (Lipinski definition) is 4. The van der Waals surface area contributed by atoms with Gasteiger partial charge < -0.3 is 15.2 Å². The van der Waals surface area contributed by atoms with Crippen molar-refractivity contribution in [1.82, 2.24) is 5.32 Å². The number of carboxylic acid groups (broad SMARTS) is 1. The molecule has 0 saturated carbocycles. The van der Waals surface area contributed by atoms with E-state index in [1.807, 2.05) is 26.0 Å². The van der Waals surface area contributed by atoms with Crippen molar-refractivity contribution in [2.75, 3.05) is 6.54 Å². The van der Waals surface area contributed by atoms with Gasteiger partial charge in [0, 0.05) is 11.4 Å². The monoisotopic (exact) mass is 509 g/mol. The molecule has 0 radical (unpaired) electrons. The fourth-order valence-corrected chi connectivity index (χ4v) is 4.75. The number of benzene rings is 2. The first-order chi connectivity index (χ1) is 17.1. The predicted octanol–water partition coefficient (Wildman–Crippen LogP) is 7.78. The summed E-state index contributed by atoms with van der Waals surface area (Å²) in [6.45, 7) is 14.9. The van der Waals surface area contributed by atoms with E-state index in [1.165, 1.54) is 28.0 Å². The average molecular weight is 510 g/mol. The summed E-state index contributed by atoms with van der Waals surface area (Å²) in [5.41, 5.74) is 4.94. The standard InChI is InChI=1S/C28H33NO4S.C2H6/c1-6-23(24-13-14-25(34-24)27(32)29-16-15-26(30)31)33-21-11-12-22(18(2)17-21)19-7-9-20(10-8-19)28(3,4)5;1-2/h7-14,17,23H,6,15-16H2,1-5H3,(H,29,32)(H,30,31);1-2H3. The molecule has 0 aliphatic rings. The summed E-state index contributed by atoms with van der Waals surface area (Å²) < 4.78 is 6.29. The Morgan fingerprint density at radius 1 is 1.03 bits per heavy atom. The van der Waals surface area contributed by atoms with E-state index in [1.54, 1.807) is 6.07 Å². The quantitative estimate of drug-likeness (QED) is 0.309. The van der Waals surface area contributed by atoms with Crippen LogP contribution in [0.15, 0.2) is 54.6 Å². The van der Waals surface area contributed by atoms with E-state index < -0.39 is 5.97 Å². The molecule has 2 N–H and O–H groups in total. The summed E-state index contributed by atoms with van der Waals surface area (Å²) in [6.07, 6.45) is 0.498. The number of carbonyl (C=O) groups is 2. The lowest BCUT2D eigenvalue weighted by atomic mass is 9.86. The maximum atomic E-state index is 12.3. The third-order valence-electron chi connectivity index (χ3n) is 5.70. The van der Waals surface area contributed by atoms with Gasteiger partial charge in [0.25, 0.3) is 5.91 Å². The van der Waals surface area contributed by atoms with E-state index in [-0.39, 0.29) is 30.4 Å². The van der Waals surface area contributed by atoms with Crippen LogP contribution in [0.25, 0.3) is 11.1 Å². The minimum Gasteiger partial charge on any atom is -0.485 e. The average Bonchev–Trinajstić information content (AvgIpc) is 3.33. The Morgan fingerprint density at radius 3 is 2.25 bits per heavy atom. The number of ether oxygens (including phenoxy) is 1. The summed E-state index contributed by atoms with van der Waals surface area (Å²) in [5, 5.41) is 11.4. The fourth-order valence-electron chi connectivity index (χ4n) is 3.71. The molecule has 1 atom stereocenters. The molecule has 0 spiro atoms. The predicted molar refractivity (Wildman–Crippen MR) is 149 cm³/mol. The van der Waals surface area contributed by atoms with Gasteiger partial charge in [-0.05, 0) is 65.3 Å². The number of aliphatic carboxylic acids is 1. The van der Waals surface area contributed by atoms with E-state index in [4.69, 9.17) is 9.84 Å². The molecule has 6 heteroatoms. The lowest BCUT2D eigenvalue weighted by Gasteiger charge is -2.20. The third-order valence-corrected chi connectivity index (χ3v) is 6.88. The molecule has 1 amide bonds. The number of nitrogens with one attached hydrogen (secondary N) is 1. The molecule has 1 aromatic heterocycles. The molecule has 36 heavy (non-hydrogen) atoms. The Labute approximate surface area is 219 Å². The first kappa shape index (κ1) is 29.1. The van der Waals surface area contributed by atoms with Crippen molar-refractivity contribution in [2.24, 2.45) is 0 Å². The van der Waals surface area contributed by atoms with Gasteiger partial charge in [-0.15, -0.1) is 11.3 Å². The zero-order valence-electron chi connectivity index (χ0n) is 22.5. The number of hydrogen-bond donors (Lipinski definition) is 2. The largest absolute Gasteiger partial charge is 0.485 e. The summed E-state index contributed by atoms with van der Waals surface area (Å²) in [4.78, 5) is 24.4. The first-order valence-corrected chi connectivity index (χ1v) is 13.4. The van der Waals surface area contributed by atoms with E-state index >= 15 is 0 Å². The summed E-state index contributed by atoms with van der Waals surface area (Å²) in [5.74, 6) is -0.403. The van der Waals surface area contributed by atoms with Crippen LogP contribution in [0.5, 0.6) is 5.75 Å². The number of carbonyl (C=O) groups excluding carboxylic acids is 1. The highest BCUT2D eigenvalue weighted by atomic mass is 32.1. The van der Waals surface area contributed by atoms with Crippen LogP contribution in [0.4, 0.5) is 0 Å². The zero-order chi connectivity index (χ0) is 26.9. The second kappa shape index (κ2) is 13.3. The smallest absolute Gasteiger partial charge is 0.305 e. The molecule has 5 nitrogen and oxygen atoms in total. The topological polar surface area (TPSA) is 75.6 Å². The zero-order valence-corrected chi connectivity index (χ0v) is 23.3. The number of rotatable bonds is 9. The maximum absolute atomic E-state index is 12.3. The molecular formula is C30H39NO4S. The van der Waals surface area contributed by atoms with Crippen LogP contribution >= 0.6 is 11.3 Å². The number of aryl methyl sites for hydroxylation is 1. The van der Waals surface area contributed by atoms with Crippen molar-refractivity contribution in [3.63, 3.8) is 0 Å². The molecule has 0 aliphatic carbocycles. The lowest BCUT2D eigenvalue weighted by molar-refractivity contribution is -0.136. The molecule has 0 saturated heterocycles. The Morgan fingerprint density at radius 2 is 1.69 bits per heavy atom. The number of amides is 1. The van der Waals surface area contributed by atoms with Crippen LogP contribution in [-0.2, 0) is 10.2 Å². The molecular weight excluding hydrogens is 470 g/mol. The molecule has 3 aromatic rings. The van der Waals surface area contributed by atoms with E-state index in [0.29, 0.717) is 4.88 Å². The number of thiophene rings is 1. The van der Waals surface area contributed by atoms with Crippen LogP contribution in [-0.4, -0.2) is 23.5 Å². The molecule has 3 rings (SSSR count). The van der Waals surface area contributed by atoms with Crippen molar-refractivity contribution >= 4 is 23.2 Å². The summed E-state index contributed by atoms with van der Waals surface area (Å²) in [6, 6.07) is 18.6. The van der Waals surface area contributed by atoms with Gasteiger partial charge in [-0.1, -0.05) is 71.9 Å². The van der Waals surface area contributed by atoms with Crippen LogP contribution < -0.4 is 10.1 Å². The molecule has 194 valence electrons. The normalized spacial score (nSPS) is 11.8. The van der Waals surface area contributed by atoms with Gasteiger partial charge >= 0.3 is 5.97 Å². The van der Waals surface area contributed by atoms with Gasteiger partial charge in [-0.3, -0.25) is 9.59 Å². The van der Waals surface area contributed by atoms with Gasteiger partial charge in [0.2, 0.25) is 0 Å². The Balaban J connectivity index is 0.00000222. The maximum Gasteiger partial charge on any atom is 0.305 e.